The number of nitriles is 1. The molecule has 0 saturated carbocycles. The monoisotopic (exact) mass is 684 g/mol. The third-order valence-electron chi connectivity index (χ3n) is 10.8. The minimum absolute atomic E-state index is 0.0470. The fourth-order valence-corrected chi connectivity index (χ4v) is 9.66. The van der Waals surface area contributed by atoms with Gasteiger partial charge in [-0.05, 0) is 81.3 Å². The summed E-state index contributed by atoms with van der Waals surface area (Å²) in [4.78, 5) is 13.3. The normalized spacial score (nSPS) is 18.8. The maximum absolute atomic E-state index is 9.70. The largest absolute Gasteiger partial charge is 0.344 e. The third-order valence-corrected chi connectivity index (χ3v) is 11.9. The van der Waals surface area contributed by atoms with Gasteiger partial charge in [0.15, 0.2) is 5.84 Å². The minimum atomic E-state index is -0.522. The number of nitrogens with one attached hydrogen (secondary N) is 1. The van der Waals surface area contributed by atoms with Crippen LogP contribution in [0, 0.1) is 11.3 Å². The summed E-state index contributed by atoms with van der Waals surface area (Å²) in [5.74, 6) is 1.54. The van der Waals surface area contributed by atoms with Crippen molar-refractivity contribution in [3.05, 3.63) is 214 Å². The van der Waals surface area contributed by atoms with E-state index in [0.29, 0.717) is 11.4 Å². The van der Waals surface area contributed by atoms with Gasteiger partial charge in [-0.3, -0.25) is 0 Å². The van der Waals surface area contributed by atoms with Gasteiger partial charge in [-0.1, -0.05) is 145 Å². The number of hydrogen-bond donors (Lipinski definition) is 1. The zero-order valence-corrected chi connectivity index (χ0v) is 29.0. The van der Waals surface area contributed by atoms with Crippen molar-refractivity contribution in [1.82, 2.24) is 5.32 Å². The van der Waals surface area contributed by atoms with Crippen LogP contribution < -0.4 is 5.32 Å². The predicted octanol–water partition coefficient (Wildman–Crippen LogP) is 10.5. The Labute approximate surface area is 307 Å². The van der Waals surface area contributed by atoms with Crippen LogP contribution in [0.3, 0.4) is 0 Å². The first-order valence-corrected chi connectivity index (χ1v) is 18.5. The van der Waals surface area contributed by atoms with Crippen molar-refractivity contribution in [2.45, 2.75) is 33.7 Å². The highest BCUT2D eigenvalue weighted by Gasteiger charge is 2.50. The average molecular weight is 685 g/mol. The van der Waals surface area contributed by atoms with Gasteiger partial charge in [-0.2, -0.15) is 5.26 Å². The highest BCUT2D eigenvalue weighted by Crippen LogP contribution is 2.62. The number of rotatable bonds is 4. The van der Waals surface area contributed by atoms with Crippen molar-refractivity contribution in [3.8, 4) is 17.2 Å². The molecule has 6 aromatic carbocycles. The molecule has 0 amide bonds. The van der Waals surface area contributed by atoms with Crippen LogP contribution >= 0.6 is 11.8 Å². The summed E-state index contributed by atoms with van der Waals surface area (Å²) < 4.78 is 0. The Bertz CT molecular complexity index is 2530. The number of nitrogens with zero attached hydrogens (tertiary/aromatic N) is 3. The molecule has 0 radical (unpaired) electrons. The lowest BCUT2D eigenvalue weighted by Crippen LogP contribution is -2.34. The van der Waals surface area contributed by atoms with Crippen LogP contribution in [0.2, 0.25) is 0 Å². The molecule has 246 valence electrons. The maximum atomic E-state index is 9.70. The van der Waals surface area contributed by atoms with Gasteiger partial charge in [0, 0.05) is 32.4 Å². The van der Waals surface area contributed by atoms with Gasteiger partial charge in [-0.25, -0.2) is 9.98 Å². The Morgan fingerprint density at radius 2 is 1.33 bits per heavy atom. The topological polar surface area (TPSA) is 60.5 Å². The van der Waals surface area contributed by atoms with E-state index in [2.05, 4.69) is 145 Å². The van der Waals surface area contributed by atoms with Crippen molar-refractivity contribution in [1.29, 1.82) is 5.26 Å². The fourth-order valence-electron chi connectivity index (χ4n) is 8.47. The summed E-state index contributed by atoms with van der Waals surface area (Å²) in [7, 11) is 0. The molecule has 0 aromatic heterocycles. The molecule has 0 bridgehead atoms. The second-order valence-electron chi connectivity index (χ2n) is 13.6. The molecule has 6 aromatic rings. The van der Waals surface area contributed by atoms with E-state index in [9.17, 15) is 5.26 Å². The molecule has 2 atom stereocenters. The van der Waals surface area contributed by atoms with Crippen LogP contribution in [-0.2, 0) is 5.41 Å². The van der Waals surface area contributed by atoms with E-state index in [0.717, 1.165) is 34.5 Å². The average Bonchev–Trinajstić information content (AvgIpc) is 3.50. The quantitative estimate of drug-likeness (QED) is 0.201. The first kappa shape index (κ1) is 30.6. The van der Waals surface area contributed by atoms with Crippen molar-refractivity contribution >= 4 is 23.4 Å². The van der Waals surface area contributed by atoms with Crippen LogP contribution in [0.5, 0.6) is 0 Å². The molecule has 0 saturated heterocycles. The molecule has 1 N–H and O–H groups in total. The van der Waals surface area contributed by atoms with Crippen LogP contribution in [0.4, 0.5) is 0 Å². The standard InChI is InChI=1S/C47H32N4S/c48-29-30-23-25-31(26-24-30)35-27-36-34-17-7-8-18-38(34)47(39-19-9-11-21-42(39)52-43-22-12-10-20-40(43)47)41(36)28-37(35)46-50-44(32-13-3-1-4-14-32)49-45(51-46)33-15-5-2-6-16-33/h1-25,27-28,31,44H,26H2,(H,49,50,51). The number of hydrogen-bond acceptors (Lipinski definition) is 5. The van der Waals surface area contributed by atoms with Crippen LogP contribution in [0.1, 0.15) is 63.0 Å². The van der Waals surface area contributed by atoms with E-state index in [1.165, 1.54) is 43.2 Å². The molecular formula is C47H32N4S. The first-order chi connectivity index (χ1) is 25.7. The van der Waals surface area contributed by atoms with Gasteiger partial charge < -0.3 is 5.32 Å². The summed E-state index contributed by atoms with van der Waals surface area (Å²) >= 11 is 1.85. The second kappa shape index (κ2) is 12.2. The second-order valence-corrected chi connectivity index (χ2v) is 14.7. The number of amidine groups is 2. The highest BCUT2D eigenvalue weighted by atomic mass is 32.2. The molecule has 5 heteroatoms. The first-order valence-electron chi connectivity index (χ1n) is 17.7. The summed E-state index contributed by atoms with van der Waals surface area (Å²) in [6.07, 6.45) is 6.60. The molecule has 2 unspecified atom stereocenters. The van der Waals surface area contributed by atoms with Crippen LogP contribution in [0.25, 0.3) is 11.1 Å². The van der Waals surface area contributed by atoms with Gasteiger partial charge in [0.2, 0.25) is 0 Å². The highest BCUT2D eigenvalue weighted by molar-refractivity contribution is 7.99. The van der Waals surface area contributed by atoms with E-state index in [1.54, 1.807) is 0 Å². The molecule has 10 rings (SSSR count). The molecule has 1 spiro atoms. The lowest BCUT2D eigenvalue weighted by molar-refractivity contribution is 0.673. The molecule has 4 nitrogen and oxygen atoms in total. The molecule has 0 fully saturated rings. The Hall–Kier alpha value is -6.22. The molecule has 4 aliphatic rings. The molecule has 2 aliphatic carbocycles. The van der Waals surface area contributed by atoms with E-state index >= 15 is 0 Å². The van der Waals surface area contributed by atoms with Gasteiger partial charge >= 0.3 is 0 Å². The summed E-state index contributed by atoms with van der Waals surface area (Å²) in [5, 5.41) is 13.4. The van der Waals surface area contributed by atoms with Crippen molar-refractivity contribution < 1.29 is 0 Å². The fraction of sp³-hybridized carbons (Fsp3) is 0.0851. The Morgan fingerprint density at radius 3 is 2.02 bits per heavy atom. The maximum Gasteiger partial charge on any atom is 0.159 e. The molecule has 52 heavy (non-hydrogen) atoms. The van der Waals surface area contributed by atoms with Gasteiger partial charge in [-0.15, -0.1) is 0 Å². The number of benzene rings is 6. The van der Waals surface area contributed by atoms with Gasteiger partial charge in [0.05, 0.1) is 11.5 Å². The smallest absolute Gasteiger partial charge is 0.159 e. The Balaban J connectivity index is 1.28. The van der Waals surface area contributed by atoms with Gasteiger partial charge in [0.25, 0.3) is 0 Å². The number of aliphatic imine (C=N–C) groups is 2. The Morgan fingerprint density at radius 1 is 0.673 bits per heavy atom. The van der Waals surface area contributed by atoms with Crippen molar-refractivity contribution in [3.63, 3.8) is 0 Å². The summed E-state index contributed by atoms with van der Waals surface area (Å²) in [5.41, 5.74) is 12.0. The van der Waals surface area contributed by atoms with E-state index in [1.807, 2.05) is 42.1 Å². The van der Waals surface area contributed by atoms with Crippen LogP contribution in [0.15, 0.2) is 189 Å². The van der Waals surface area contributed by atoms with Crippen molar-refractivity contribution in [2.75, 3.05) is 0 Å². The predicted molar refractivity (Wildman–Crippen MR) is 210 cm³/mol. The zero-order valence-electron chi connectivity index (χ0n) is 28.2. The third kappa shape index (κ3) is 4.68. The molecular weight excluding hydrogens is 653 g/mol. The summed E-state index contributed by atoms with van der Waals surface area (Å²) in [6, 6.07) is 54.6. The van der Waals surface area contributed by atoms with Gasteiger partial charge in [0.1, 0.15) is 12.0 Å². The lowest BCUT2D eigenvalue weighted by Gasteiger charge is -2.40. The molecule has 2 heterocycles. The SMILES string of the molecule is N#CC1=CCC(c2cc3c(cc2C2=NC(c4ccccc4)NC(c4ccccc4)=N2)C2(c4ccccc4Sc4ccccc42)c2ccccc2-3)C=C1. The summed E-state index contributed by atoms with van der Waals surface area (Å²) in [6.45, 7) is 0. The number of fused-ring (bicyclic) bond motifs is 9. The van der Waals surface area contributed by atoms with E-state index in [4.69, 9.17) is 9.98 Å². The van der Waals surface area contributed by atoms with Crippen LogP contribution in [-0.4, -0.2) is 11.7 Å². The van der Waals surface area contributed by atoms with E-state index in [-0.39, 0.29) is 12.1 Å². The van der Waals surface area contributed by atoms with Crippen molar-refractivity contribution in [2.24, 2.45) is 9.98 Å². The molecule has 2 aliphatic heterocycles. The van der Waals surface area contributed by atoms with E-state index < -0.39 is 5.41 Å². The zero-order chi connectivity index (χ0) is 34.6. The lowest BCUT2D eigenvalue weighted by atomic mass is 9.67. The minimum Gasteiger partial charge on any atom is -0.344 e. The number of allylic oxidation sites excluding steroid dienone is 4. The Kier molecular flexibility index (Phi) is 7.19.